The van der Waals surface area contributed by atoms with Crippen molar-refractivity contribution >= 4 is 17.0 Å². The van der Waals surface area contributed by atoms with Gasteiger partial charge in [0.25, 0.3) is 5.56 Å². The van der Waals surface area contributed by atoms with Crippen molar-refractivity contribution in [2.75, 3.05) is 18.0 Å². The van der Waals surface area contributed by atoms with E-state index in [1.807, 2.05) is 20.8 Å². The molecule has 0 saturated carbocycles. The number of fused-ring (bicyclic) bond motifs is 1. The molecule has 0 unspecified atom stereocenters. The third-order valence-electron chi connectivity index (χ3n) is 3.94. The van der Waals surface area contributed by atoms with Crippen LogP contribution < -0.4 is 10.5 Å². The molecule has 3 rings (SSSR count). The van der Waals surface area contributed by atoms with E-state index in [0.717, 1.165) is 43.1 Å². The third kappa shape index (κ3) is 1.82. The number of hydrogen-bond donors (Lipinski definition) is 0. The predicted molar refractivity (Wildman–Crippen MR) is 79.3 cm³/mol. The molecular formula is C14H21N5O. The third-order valence-corrected chi connectivity index (χ3v) is 3.94. The van der Waals surface area contributed by atoms with Crippen molar-refractivity contribution in [3.63, 3.8) is 0 Å². The molecule has 0 aliphatic carbocycles. The lowest BCUT2D eigenvalue weighted by atomic mass is 10.3. The van der Waals surface area contributed by atoms with E-state index >= 15 is 0 Å². The molecule has 0 atom stereocenters. The summed E-state index contributed by atoms with van der Waals surface area (Å²) in [7, 11) is 1.80. The second-order valence-corrected chi connectivity index (χ2v) is 5.78. The van der Waals surface area contributed by atoms with Crippen molar-refractivity contribution in [2.45, 2.75) is 39.7 Å². The van der Waals surface area contributed by atoms with Gasteiger partial charge in [-0.3, -0.25) is 14.0 Å². The Bertz CT molecular complexity index is 706. The number of nitrogens with zero attached hydrogens (tertiary/aromatic N) is 5. The zero-order valence-corrected chi connectivity index (χ0v) is 12.6. The smallest absolute Gasteiger partial charge is 0.281 e. The Kier molecular flexibility index (Phi) is 3.03. The first-order valence-electron chi connectivity index (χ1n) is 7.21. The summed E-state index contributed by atoms with van der Waals surface area (Å²) in [6.07, 6.45) is 2.33. The topological polar surface area (TPSA) is 56.0 Å². The fourth-order valence-corrected chi connectivity index (χ4v) is 2.98. The number of anilines is 1. The maximum atomic E-state index is 12.8. The second-order valence-electron chi connectivity index (χ2n) is 5.78. The quantitative estimate of drug-likeness (QED) is 0.835. The van der Waals surface area contributed by atoms with Gasteiger partial charge in [-0.15, -0.1) is 0 Å². The van der Waals surface area contributed by atoms with Crippen LogP contribution in [0.1, 0.15) is 38.4 Å². The molecule has 6 nitrogen and oxygen atoms in total. The molecule has 2 aromatic rings. The molecule has 0 spiro atoms. The second kappa shape index (κ2) is 4.61. The normalized spacial score (nSPS) is 15.8. The molecule has 1 aliphatic rings. The van der Waals surface area contributed by atoms with Gasteiger partial charge in [0.15, 0.2) is 5.52 Å². The summed E-state index contributed by atoms with van der Waals surface area (Å²) in [5, 5.41) is 4.34. The van der Waals surface area contributed by atoms with Crippen LogP contribution in [0.25, 0.3) is 11.0 Å². The lowest BCUT2D eigenvalue weighted by Crippen LogP contribution is -2.32. The highest BCUT2D eigenvalue weighted by Gasteiger charge is 2.23. The fraction of sp³-hybridized carbons (Fsp3) is 0.643. The Morgan fingerprint density at radius 2 is 1.85 bits per heavy atom. The highest BCUT2D eigenvalue weighted by atomic mass is 16.1. The molecule has 0 bridgehead atoms. The minimum absolute atomic E-state index is 0.00926. The monoisotopic (exact) mass is 275 g/mol. The van der Waals surface area contributed by atoms with Crippen molar-refractivity contribution in [1.82, 2.24) is 19.3 Å². The Morgan fingerprint density at radius 3 is 2.45 bits per heavy atom. The van der Waals surface area contributed by atoms with Crippen molar-refractivity contribution in [1.29, 1.82) is 0 Å². The summed E-state index contributed by atoms with van der Waals surface area (Å²) in [4.78, 5) is 19.8. The SMILES string of the molecule is Cc1nn(C)c2c(=O)n(C(C)C)c(N3CCCC3)nc12. The number of rotatable bonds is 2. The number of aryl methyl sites for hydroxylation is 2. The Balaban J connectivity index is 2.35. The van der Waals surface area contributed by atoms with E-state index in [9.17, 15) is 4.79 Å². The van der Waals surface area contributed by atoms with Crippen LogP contribution in [0.4, 0.5) is 5.95 Å². The fourth-order valence-electron chi connectivity index (χ4n) is 2.98. The Morgan fingerprint density at radius 1 is 1.20 bits per heavy atom. The highest BCUT2D eigenvalue weighted by Crippen LogP contribution is 2.23. The van der Waals surface area contributed by atoms with Crippen LogP contribution in [-0.2, 0) is 7.05 Å². The van der Waals surface area contributed by atoms with E-state index in [2.05, 4.69) is 10.00 Å². The van der Waals surface area contributed by atoms with Gasteiger partial charge in [-0.2, -0.15) is 5.10 Å². The first kappa shape index (κ1) is 13.1. The predicted octanol–water partition coefficient (Wildman–Crippen LogP) is 1.62. The van der Waals surface area contributed by atoms with Gasteiger partial charge >= 0.3 is 0 Å². The average molecular weight is 275 g/mol. The maximum Gasteiger partial charge on any atom is 0.281 e. The molecule has 3 heterocycles. The summed E-state index contributed by atoms with van der Waals surface area (Å²) in [6.45, 7) is 7.91. The molecule has 2 aromatic heterocycles. The van der Waals surface area contributed by atoms with Gasteiger partial charge in [0, 0.05) is 26.2 Å². The van der Waals surface area contributed by atoms with Gasteiger partial charge < -0.3 is 4.90 Å². The molecule has 0 N–H and O–H groups in total. The molecule has 1 aliphatic heterocycles. The largest absolute Gasteiger partial charge is 0.342 e. The molecule has 0 radical (unpaired) electrons. The van der Waals surface area contributed by atoms with Gasteiger partial charge in [0.1, 0.15) is 5.52 Å². The van der Waals surface area contributed by atoms with Gasteiger partial charge in [0.05, 0.1) is 5.69 Å². The first-order chi connectivity index (χ1) is 9.50. The van der Waals surface area contributed by atoms with Gasteiger partial charge in [0.2, 0.25) is 5.95 Å². The summed E-state index contributed by atoms with van der Waals surface area (Å²) in [6, 6.07) is 0.0882. The van der Waals surface area contributed by atoms with E-state index in [4.69, 9.17) is 4.98 Å². The molecule has 6 heteroatoms. The minimum atomic E-state index is 0.00926. The van der Waals surface area contributed by atoms with Crippen LogP contribution >= 0.6 is 0 Å². The lowest BCUT2D eigenvalue weighted by molar-refractivity contribution is 0.564. The van der Waals surface area contributed by atoms with Crippen LogP contribution in [0.5, 0.6) is 0 Å². The van der Waals surface area contributed by atoms with Crippen LogP contribution in [0.15, 0.2) is 4.79 Å². The molecule has 0 amide bonds. The molecular weight excluding hydrogens is 254 g/mol. The number of hydrogen-bond acceptors (Lipinski definition) is 4. The Labute approximate surface area is 118 Å². The van der Waals surface area contributed by atoms with Crippen LogP contribution in [0, 0.1) is 6.92 Å². The summed E-state index contributed by atoms with van der Waals surface area (Å²) in [5.74, 6) is 0.797. The molecule has 0 aromatic carbocycles. The summed E-state index contributed by atoms with van der Waals surface area (Å²) in [5.41, 5.74) is 2.15. The highest BCUT2D eigenvalue weighted by molar-refractivity contribution is 5.77. The van der Waals surface area contributed by atoms with Crippen molar-refractivity contribution in [3.8, 4) is 0 Å². The van der Waals surface area contributed by atoms with E-state index in [-0.39, 0.29) is 11.6 Å². The molecule has 1 fully saturated rings. The van der Waals surface area contributed by atoms with E-state index in [1.54, 1.807) is 16.3 Å². The van der Waals surface area contributed by atoms with Crippen molar-refractivity contribution in [2.24, 2.45) is 7.05 Å². The summed E-state index contributed by atoms with van der Waals surface area (Å²) < 4.78 is 3.45. The summed E-state index contributed by atoms with van der Waals surface area (Å²) >= 11 is 0. The minimum Gasteiger partial charge on any atom is -0.342 e. The first-order valence-corrected chi connectivity index (χ1v) is 7.21. The standard InChI is InChI=1S/C14H21N5O/c1-9(2)19-13(20)12-11(10(3)16-17(12)4)15-14(19)18-7-5-6-8-18/h9H,5-8H2,1-4H3. The van der Waals surface area contributed by atoms with Gasteiger partial charge in [-0.25, -0.2) is 4.98 Å². The molecule has 108 valence electrons. The Hall–Kier alpha value is -1.85. The zero-order chi connectivity index (χ0) is 14.4. The van der Waals surface area contributed by atoms with E-state index in [0.29, 0.717) is 5.52 Å². The van der Waals surface area contributed by atoms with Gasteiger partial charge in [-0.1, -0.05) is 0 Å². The molecule has 20 heavy (non-hydrogen) atoms. The molecule has 1 saturated heterocycles. The number of aromatic nitrogens is 4. The lowest BCUT2D eigenvalue weighted by Gasteiger charge is -2.23. The van der Waals surface area contributed by atoms with Crippen LogP contribution in [-0.4, -0.2) is 32.4 Å². The van der Waals surface area contributed by atoms with Crippen molar-refractivity contribution in [3.05, 3.63) is 16.0 Å². The zero-order valence-electron chi connectivity index (χ0n) is 12.6. The average Bonchev–Trinajstić information content (AvgIpc) is 2.97. The maximum absolute atomic E-state index is 12.8. The van der Waals surface area contributed by atoms with Crippen molar-refractivity contribution < 1.29 is 0 Å². The van der Waals surface area contributed by atoms with Crippen LogP contribution in [0.3, 0.4) is 0 Å². The van der Waals surface area contributed by atoms with Gasteiger partial charge in [-0.05, 0) is 33.6 Å². The van der Waals surface area contributed by atoms with Crippen LogP contribution in [0.2, 0.25) is 0 Å². The van der Waals surface area contributed by atoms with E-state index < -0.39 is 0 Å². The van der Waals surface area contributed by atoms with E-state index in [1.165, 1.54) is 0 Å².